The van der Waals surface area contributed by atoms with Crippen LogP contribution >= 0.6 is 11.6 Å². The molecule has 0 bridgehead atoms. The van der Waals surface area contributed by atoms with Gasteiger partial charge in [-0.3, -0.25) is 13.9 Å². The summed E-state index contributed by atoms with van der Waals surface area (Å²) in [6.07, 6.45) is 0.355. The van der Waals surface area contributed by atoms with Crippen LogP contribution in [0.2, 0.25) is 5.02 Å². The van der Waals surface area contributed by atoms with Gasteiger partial charge in [-0.15, -0.1) is 0 Å². The number of hydrogen-bond acceptors (Lipinski definition) is 4. The molecule has 0 aliphatic carbocycles. The molecular formula is C28H32ClN3O4S. The van der Waals surface area contributed by atoms with Crippen molar-refractivity contribution < 1.29 is 18.0 Å². The highest BCUT2D eigenvalue weighted by Gasteiger charge is 2.33. The lowest BCUT2D eigenvalue weighted by molar-refractivity contribution is -0.140. The number of carbonyl (C=O) groups excluding carboxylic acids is 2. The van der Waals surface area contributed by atoms with E-state index in [1.807, 2.05) is 26.0 Å². The second-order valence-corrected chi connectivity index (χ2v) is 11.1. The van der Waals surface area contributed by atoms with Gasteiger partial charge in [-0.05, 0) is 67.3 Å². The van der Waals surface area contributed by atoms with Crippen molar-refractivity contribution in [2.45, 2.75) is 44.7 Å². The smallest absolute Gasteiger partial charge is 0.264 e. The van der Waals surface area contributed by atoms with E-state index in [1.165, 1.54) is 24.1 Å². The van der Waals surface area contributed by atoms with Crippen LogP contribution in [0.3, 0.4) is 0 Å². The van der Waals surface area contributed by atoms with Crippen molar-refractivity contribution in [3.63, 3.8) is 0 Å². The minimum atomic E-state index is -4.09. The molecular weight excluding hydrogens is 510 g/mol. The number of amides is 2. The summed E-state index contributed by atoms with van der Waals surface area (Å²) in [5.74, 6) is -0.820. The first-order valence-corrected chi connectivity index (χ1v) is 13.8. The Bertz CT molecular complexity index is 1350. The number of nitrogens with one attached hydrogen (secondary N) is 1. The predicted molar refractivity (Wildman–Crippen MR) is 147 cm³/mol. The molecule has 0 saturated heterocycles. The molecule has 2 amide bonds. The van der Waals surface area contributed by atoms with E-state index in [4.69, 9.17) is 11.6 Å². The molecule has 1 N–H and O–H groups in total. The molecule has 0 aliphatic heterocycles. The molecule has 3 aromatic rings. The second kappa shape index (κ2) is 12.3. The van der Waals surface area contributed by atoms with Crippen LogP contribution in [-0.4, -0.2) is 44.8 Å². The third-order valence-electron chi connectivity index (χ3n) is 6.14. The fourth-order valence-corrected chi connectivity index (χ4v) is 5.71. The molecule has 0 heterocycles. The van der Waals surface area contributed by atoms with Gasteiger partial charge in [0.15, 0.2) is 0 Å². The zero-order valence-electron chi connectivity index (χ0n) is 21.4. The van der Waals surface area contributed by atoms with Crippen LogP contribution in [0.15, 0.2) is 77.7 Å². The quantitative estimate of drug-likeness (QED) is 0.403. The van der Waals surface area contributed by atoms with Crippen molar-refractivity contribution in [2.24, 2.45) is 0 Å². The monoisotopic (exact) mass is 541 g/mol. The molecule has 0 aromatic heterocycles. The van der Waals surface area contributed by atoms with Crippen molar-refractivity contribution >= 4 is 39.1 Å². The lowest BCUT2D eigenvalue weighted by Crippen LogP contribution is -2.51. The summed E-state index contributed by atoms with van der Waals surface area (Å²) in [4.78, 5) is 28.2. The van der Waals surface area contributed by atoms with Crippen molar-refractivity contribution in [1.82, 2.24) is 10.2 Å². The van der Waals surface area contributed by atoms with Crippen molar-refractivity contribution in [3.8, 4) is 0 Å². The Balaban J connectivity index is 2.09. The SMILES string of the molecule is CC[C@H](C(=O)NC)N(Cc1ccc(Cl)cc1)C(=O)CN(c1cc(C)ccc1C)S(=O)(=O)c1ccccc1. The average Bonchev–Trinajstić information content (AvgIpc) is 2.89. The zero-order valence-corrected chi connectivity index (χ0v) is 23.0. The Kier molecular flexibility index (Phi) is 9.34. The summed E-state index contributed by atoms with van der Waals surface area (Å²) in [6, 6.07) is 19.7. The van der Waals surface area contributed by atoms with Crippen LogP contribution in [-0.2, 0) is 26.2 Å². The van der Waals surface area contributed by atoms with E-state index in [0.717, 1.165) is 15.4 Å². The molecule has 196 valence electrons. The van der Waals surface area contributed by atoms with E-state index in [0.29, 0.717) is 22.7 Å². The van der Waals surface area contributed by atoms with E-state index in [1.54, 1.807) is 55.5 Å². The number of rotatable bonds is 10. The number of halogens is 1. The number of likely N-dealkylation sites (N-methyl/N-ethyl adjacent to an activating group) is 1. The normalized spacial score (nSPS) is 12.0. The van der Waals surface area contributed by atoms with Gasteiger partial charge in [0.05, 0.1) is 10.6 Å². The molecule has 0 unspecified atom stereocenters. The van der Waals surface area contributed by atoms with E-state index >= 15 is 0 Å². The van der Waals surface area contributed by atoms with Gasteiger partial charge >= 0.3 is 0 Å². The Morgan fingerprint density at radius 1 is 0.973 bits per heavy atom. The van der Waals surface area contributed by atoms with Crippen LogP contribution < -0.4 is 9.62 Å². The summed E-state index contributed by atoms with van der Waals surface area (Å²) in [6.45, 7) is 5.13. The first kappa shape index (κ1) is 28.2. The highest BCUT2D eigenvalue weighted by molar-refractivity contribution is 7.92. The van der Waals surface area contributed by atoms with Gasteiger partial charge in [-0.1, -0.05) is 61.0 Å². The summed E-state index contributed by atoms with van der Waals surface area (Å²) in [5, 5.41) is 3.17. The molecule has 3 aromatic carbocycles. The van der Waals surface area contributed by atoms with Gasteiger partial charge in [-0.2, -0.15) is 0 Å². The highest BCUT2D eigenvalue weighted by Crippen LogP contribution is 2.28. The predicted octanol–water partition coefficient (Wildman–Crippen LogP) is 4.71. The molecule has 0 radical (unpaired) electrons. The first-order valence-electron chi connectivity index (χ1n) is 12.0. The Labute approximate surface area is 224 Å². The number of anilines is 1. The van der Waals surface area contributed by atoms with Crippen LogP contribution in [0.25, 0.3) is 0 Å². The molecule has 0 spiro atoms. The number of nitrogens with zero attached hydrogens (tertiary/aromatic N) is 2. The molecule has 9 heteroatoms. The molecule has 7 nitrogen and oxygen atoms in total. The van der Waals surface area contributed by atoms with Crippen LogP contribution in [0, 0.1) is 13.8 Å². The molecule has 1 atom stereocenters. The maximum absolute atomic E-state index is 13.9. The topological polar surface area (TPSA) is 86.8 Å². The Morgan fingerprint density at radius 2 is 1.62 bits per heavy atom. The van der Waals surface area contributed by atoms with Gasteiger partial charge in [-0.25, -0.2) is 8.42 Å². The zero-order chi connectivity index (χ0) is 27.2. The van der Waals surface area contributed by atoms with Crippen LogP contribution in [0.5, 0.6) is 0 Å². The molecule has 3 rings (SSSR count). The lowest BCUT2D eigenvalue weighted by atomic mass is 10.1. The number of hydrogen-bond donors (Lipinski definition) is 1. The van der Waals surface area contributed by atoms with E-state index in [-0.39, 0.29) is 17.3 Å². The van der Waals surface area contributed by atoms with Crippen molar-refractivity contribution in [3.05, 3.63) is 94.5 Å². The van der Waals surface area contributed by atoms with Crippen molar-refractivity contribution in [1.29, 1.82) is 0 Å². The Morgan fingerprint density at radius 3 is 2.22 bits per heavy atom. The largest absolute Gasteiger partial charge is 0.357 e. The van der Waals surface area contributed by atoms with E-state index < -0.39 is 28.5 Å². The Hall–Kier alpha value is -3.36. The fourth-order valence-electron chi connectivity index (χ4n) is 4.09. The first-order chi connectivity index (χ1) is 17.6. The number of sulfonamides is 1. The molecule has 0 fully saturated rings. The van der Waals surface area contributed by atoms with Gasteiger partial charge in [0.25, 0.3) is 10.0 Å². The third-order valence-corrected chi connectivity index (χ3v) is 8.17. The third kappa shape index (κ3) is 6.70. The van der Waals surface area contributed by atoms with Gasteiger partial charge in [0.1, 0.15) is 12.6 Å². The highest BCUT2D eigenvalue weighted by atomic mass is 35.5. The second-order valence-electron chi connectivity index (χ2n) is 8.80. The summed E-state index contributed by atoms with van der Waals surface area (Å²) < 4.78 is 28.8. The standard InChI is InChI=1S/C28H32ClN3O4S/c1-5-25(28(34)30-4)31(18-22-13-15-23(29)16-14-22)27(33)19-32(26-17-20(2)11-12-21(26)3)37(35,36)24-9-7-6-8-10-24/h6-17,25H,5,18-19H2,1-4H3,(H,30,34)/t25-/m1/s1. The van der Waals surface area contributed by atoms with Gasteiger partial charge in [0, 0.05) is 18.6 Å². The van der Waals surface area contributed by atoms with Gasteiger partial charge < -0.3 is 10.2 Å². The van der Waals surface area contributed by atoms with Crippen LogP contribution in [0.1, 0.15) is 30.0 Å². The van der Waals surface area contributed by atoms with Crippen LogP contribution in [0.4, 0.5) is 5.69 Å². The molecule has 37 heavy (non-hydrogen) atoms. The summed E-state index contributed by atoms with van der Waals surface area (Å²) >= 11 is 6.03. The average molecular weight is 542 g/mol. The van der Waals surface area contributed by atoms with Crippen molar-refractivity contribution in [2.75, 3.05) is 17.9 Å². The number of benzene rings is 3. The summed E-state index contributed by atoms with van der Waals surface area (Å²) in [5.41, 5.74) is 2.75. The maximum Gasteiger partial charge on any atom is 0.264 e. The molecule has 0 aliphatic rings. The minimum absolute atomic E-state index is 0.0753. The maximum atomic E-state index is 13.9. The van der Waals surface area contributed by atoms with E-state index in [9.17, 15) is 18.0 Å². The number of carbonyl (C=O) groups is 2. The number of aryl methyl sites for hydroxylation is 2. The fraction of sp³-hybridized carbons (Fsp3) is 0.286. The minimum Gasteiger partial charge on any atom is -0.357 e. The molecule has 0 saturated carbocycles. The summed E-state index contributed by atoms with van der Waals surface area (Å²) in [7, 11) is -2.58. The van der Waals surface area contributed by atoms with Gasteiger partial charge in [0.2, 0.25) is 11.8 Å². The van der Waals surface area contributed by atoms with E-state index in [2.05, 4.69) is 5.32 Å². The lowest BCUT2D eigenvalue weighted by Gasteiger charge is -2.33.